The summed E-state index contributed by atoms with van der Waals surface area (Å²) in [6.07, 6.45) is 1.07. The number of hydrogen-bond acceptors (Lipinski definition) is 5. The fourth-order valence-electron chi connectivity index (χ4n) is 1.38. The van der Waals surface area contributed by atoms with E-state index >= 15 is 0 Å². The van der Waals surface area contributed by atoms with Crippen LogP contribution in [-0.4, -0.2) is 24.1 Å². The van der Waals surface area contributed by atoms with Gasteiger partial charge in [0.15, 0.2) is 5.57 Å². The maximum Gasteiger partial charge on any atom is 0.347 e. The number of nitrogens with zero attached hydrogens (tertiary/aromatic N) is 1. The minimum absolute atomic E-state index is 0.265. The summed E-state index contributed by atoms with van der Waals surface area (Å²) >= 11 is 0. The fourth-order valence-corrected chi connectivity index (χ4v) is 1.38. The quantitative estimate of drug-likeness (QED) is 0.555. The first kappa shape index (κ1) is 15.0. The zero-order valence-corrected chi connectivity index (χ0v) is 10.9. The van der Waals surface area contributed by atoms with E-state index in [0.717, 1.165) is 6.20 Å². The molecule has 1 aromatic carbocycles. The van der Waals surface area contributed by atoms with Crippen LogP contribution in [0.5, 0.6) is 5.75 Å². The minimum Gasteiger partial charge on any atom is -0.495 e. The van der Waals surface area contributed by atoms with Crippen molar-refractivity contribution in [2.45, 2.75) is 6.92 Å². The Morgan fingerprint density at radius 1 is 1.45 bits per heavy atom. The van der Waals surface area contributed by atoms with E-state index in [1.54, 1.807) is 24.3 Å². The normalized spacial score (nSPS) is 10.3. The number of amides is 1. The van der Waals surface area contributed by atoms with Crippen molar-refractivity contribution in [3.8, 4) is 11.8 Å². The summed E-state index contributed by atoms with van der Waals surface area (Å²) in [5, 5.41) is 22.6. The molecule has 0 saturated heterocycles. The monoisotopic (exact) mass is 275 g/mol. The van der Waals surface area contributed by atoms with Gasteiger partial charge in [-0.25, -0.2) is 4.79 Å². The van der Waals surface area contributed by atoms with E-state index in [4.69, 9.17) is 15.1 Å². The molecule has 0 aliphatic carbocycles. The van der Waals surface area contributed by atoms with Crippen LogP contribution < -0.4 is 15.4 Å². The van der Waals surface area contributed by atoms with Gasteiger partial charge in [-0.15, -0.1) is 0 Å². The summed E-state index contributed by atoms with van der Waals surface area (Å²) in [5.41, 5.74) is 0.512. The lowest BCUT2D eigenvalue weighted by molar-refractivity contribution is -0.132. The molecule has 20 heavy (non-hydrogen) atoms. The lowest BCUT2D eigenvalue weighted by atomic mass is 10.2. The molecule has 1 aromatic rings. The SMILES string of the molecule is COc1ccc(NC=C(C#N)C(=O)O)cc1NC(C)=O. The van der Waals surface area contributed by atoms with Gasteiger partial charge in [-0.05, 0) is 18.2 Å². The first-order chi connectivity index (χ1) is 9.47. The molecular weight excluding hydrogens is 262 g/mol. The Hall–Kier alpha value is -3.01. The Labute approximate surface area is 115 Å². The number of carbonyl (C=O) groups excluding carboxylic acids is 1. The van der Waals surface area contributed by atoms with Gasteiger partial charge in [-0.1, -0.05) is 0 Å². The van der Waals surface area contributed by atoms with E-state index in [9.17, 15) is 9.59 Å². The summed E-state index contributed by atoms with van der Waals surface area (Å²) in [7, 11) is 1.46. The van der Waals surface area contributed by atoms with Gasteiger partial charge in [0.25, 0.3) is 0 Å². The van der Waals surface area contributed by atoms with Crippen molar-refractivity contribution in [3.05, 3.63) is 30.0 Å². The largest absolute Gasteiger partial charge is 0.495 e. The number of anilines is 2. The van der Waals surface area contributed by atoms with Crippen LogP contribution in [0.15, 0.2) is 30.0 Å². The van der Waals surface area contributed by atoms with Gasteiger partial charge in [-0.3, -0.25) is 4.79 Å². The highest BCUT2D eigenvalue weighted by Gasteiger charge is 2.07. The number of carboxylic acid groups (broad SMARTS) is 1. The van der Waals surface area contributed by atoms with Crippen LogP contribution in [-0.2, 0) is 9.59 Å². The minimum atomic E-state index is -1.32. The fraction of sp³-hybridized carbons (Fsp3) is 0.154. The maximum absolute atomic E-state index is 11.1. The van der Waals surface area contributed by atoms with Crippen molar-refractivity contribution < 1.29 is 19.4 Å². The molecule has 7 nitrogen and oxygen atoms in total. The maximum atomic E-state index is 11.1. The van der Waals surface area contributed by atoms with Gasteiger partial charge in [0.2, 0.25) is 5.91 Å². The highest BCUT2D eigenvalue weighted by atomic mass is 16.5. The smallest absolute Gasteiger partial charge is 0.347 e. The molecule has 0 spiro atoms. The Bertz CT molecular complexity index is 602. The standard InChI is InChI=1S/C13H13N3O4/c1-8(17)16-11-5-10(3-4-12(11)20-2)15-7-9(6-14)13(18)19/h3-5,7,15H,1-2H3,(H,16,17)(H,18,19). The molecular formula is C13H13N3O4. The van der Waals surface area contributed by atoms with Crippen LogP contribution in [0.3, 0.4) is 0 Å². The number of methoxy groups -OCH3 is 1. The number of nitriles is 1. The first-order valence-electron chi connectivity index (χ1n) is 5.53. The second-order valence-corrected chi connectivity index (χ2v) is 3.72. The molecule has 0 atom stereocenters. The van der Waals surface area contributed by atoms with Crippen molar-refractivity contribution in [2.24, 2.45) is 0 Å². The Kier molecular flexibility index (Phi) is 5.12. The van der Waals surface area contributed by atoms with Crippen LogP contribution in [0.1, 0.15) is 6.92 Å². The van der Waals surface area contributed by atoms with Crippen molar-refractivity contribution in [2.75, 3.05) is 17.7 Å². The van der Waals surface area contributed by atoms with Crippen LogP contribution in [0.2, 0.25) is 0 Å². The highest BCUT2D eigenvalue weighted by molar-refractivity contribution is 5.92. The van der Waals surface area contributed by atoms with E-state index < -0.39 is 11.5 Å². The molecule has 104 valence electrons. The highest BCUT2D eigenvalue weighted by Crippen LogP contribution is 2.27. The Morgan fingerprint density at radius 3 is 2.65 bits per heavy atom. The molecule has 1 rings (SSSR count). The predicted molar refractivity (Wildman–Crippen MR) is 72.3 cm³/mol. The van der Waals surface area contributed by atoms with Crippen molar-refractivity contribution in [3.63, 3.8) is 0 Å². The topological polar surface area (TPSA) is 111 Å². The van der Waals surface area contributed by atoms with E-state index in [0.29, 0.717) is 17.1 Å². The van der Waals surface area contributed by atoms with Crippen molar-refractivity contribution in [1.82, 2.24) is 0 Å². The summed E-state index contributed by atoms with van der Waals surface area (Å²) in [6, 6.07) is 6.34. The molecule has 0 aliphatic rings. The number of benzene rings is 1. The van der Waals surface area contributed by atoms with Crippen LogP contribution in [0.25, 0.3) is 0 Å². The number of nitrogens with one attached hydrogen (secondary N) is 2. The zero-order valence-electron chi connectivity index (χ0n) is 10.9. The van der Waals surface area contributed by atoms with Gasteiger partial charge >= 0.3 is 5.97 Å². The van der Waals surface area contributed by atoms with Gasteiger partial charge in [-0.2, -0.15) is 5.26 Å². The molecule has 0 fully saturated rings. The van der Waals surface area contributed by atoms with E-state index in [1.165, 1.54) is 14.0 Å². The first-order valence-corrected chi connectivity index (χ1v) is 5.53. The zero-order chi connectivity index (χ0) is 15.1. The third-order valence-electron chi connectivity index (χ3n) is 2.24. The molecule has 7 heteroatoms. The number of carboxylic acids is 1. The summed E-state index contributed by atoms with van der Waals surface area (Å²) in [4.78, 5) is 21.7. The number of ether oxygens (including phenoxy) is 1. The van der Waals surface area contributed by atoms with Crippen molar-refractivity contribution in [1.29, 1.82) is 5.26 Å². The average molecular weight is 275 g/mol. The molecule has 3 N–H and O–H groups in total. The van der Waals surface area contributed by atoms with E-state index in [2.05, 4.69) is 10.6 Å². The van der Waals surface area contributed by atoms with Gasteiger partial charge in [0.1, 0.15) is 11.8 Å². The molecule has 0 radical (unpaired) electrons. The average Bonchev–Trinajstić information content (AvgIpc) is 2.38. The molecule has 0 bridgehead atoms. The third kappa shape index (κ3) is 4.03. The molecule has 1 amide bonds. The lowest BCUT2D eigenvalue weighted by Gasteiger charge is -2.11. The van der Waals surface area contributed by atoms with Crippen LogP contribution in [0, 0.1) is 11.3 Å². The number of aliphatic carboxylic acids is 1. The second-order valence-electron chi connectivity index (χ2n) is 3.72. The number of hydrogen-bond donors (Lipinski definition) is 3. The predicted octanol–water partition coefficient (Wildman–Crippen LogP) is 1.56. The van der Waals surface area contributed by atoms with E-state index in [1.807, 2.05) is 0 Å². The number of rotatable bonds is 5. The second kappa shape index (κ2) is 6.80. The molecule has 0 saturated carbocycles. The van der Waals surface area contributed by atoms with Gasteiger partial charge in [0.05, 0.1) is 12.8 Å². The molecule has 0 aromatic heterocycles. The Balaban J connectivity index is 3.01. The van der Waals surface area contributed by atoms with Gasteiger partial charge < -0.3 is 20.5 Å². The van der Waals surface area contributed by atoms with Crippen LogP contribution in [0.4, 0.5) is 11.4 Å². The molecule has 0 aliphatic heterocycles. The van der Waals surface area contributed by atoms with E-state index in [-0.39, 0.29) is 5.91 Å². The molecule has 0 unspecified atom stereocenters. The number of carbonyl (C=O) groups is 2. The van der Waals surface area contributed by atoms with Gasteiger partial charge in [0, 0.05) is 18.8 Å². The molecule has 0 heterocycles. The van der Waals surface area contributed by atoms with Crippen molar-refractivity contribution >= 4 is 23.3 Å². The summed E-state index contributed by atoms with van der Waals surface area (Å²) < 4.78 is 5.08. The summed E-state index contributed by atoms with van der Waals surface area (Å²) in [6.45, 7) is 1.36. The Morgan fingerprint density at radius 2 is 2.15 bits per heavy atom. The lowest BCUT2D eigenvalue weighted by Crippen LogP contribution is -2.07. The third-order valence-corrected chi connectivity index (χ3v) is 2.24. The summed E-state index contributed by atoms with van der Waals surface area (Å²) in [5.74, 6) is -1.12. The van der Waals surface area contributed by atoms with Crippen LogP contribution >= 0.6 is 0 Å².